The van der Waals surface area contributed by atoms with Gasteiger partial charge in [-0.3, -0.25) is 0 Å². The standard InChI is InChI=1S/C18H30FN3O2S2.HI/c1-6-20-17(21-9-10-26(23,24)18(2,3)4)22-12-14-7-8-16(19)11-15(14)13-25-5;/h7-8,11H,6,9-10,12-13H2,1-5H3,(H2,20,21,22);1H. The summed E-state index contributed by atoms with van der Waals surface area (Å²) in [4.78, 5) is 4.51. The van der Waals surface area contributed by atoms with Crippen molar-refractivity contribution in [2.45, 2.75) is 44.7 Å². The van der Waals surface area contributed by atoms with Gasteiger partial charge in [0.05, 0.1) is 17.0 Å². The highest BCUT2D eigenvalue weighted by atomic mass is 127. The van der Waals surface area contributed by atoms with Gasteiger partial charge >= 0.3 is 0 Å². The summed E-state index contributed by atoms with van der Waals surface area (Å²) in [6, 6.07) is 4.72. The van der Waals surface area contributed by atoms with Crippen LogP contribution in [0.15, 0.2) is 23.2 Å². The number of aliphatic imine (C=N–C) groups is 1. The van der Waals surface area contributed by atoms with Crippen LogP contribution in [0.3, 0.4) is 0 Å². The van der Waals surface area contributed by atoms with E-state index < -0.39 is 14.6 Å². The number of benzene rings is 1. The lowest BCUT2D eigenvalue weighted by Crippen LogP contribution is -2.41. The average Bonchev–Trinajstić information content (AvgIpc) is 2.53. The van der Waals surface area contributed by atoms with Crippen molar-refractivity contribution in [2.75, 3.05) is 25.1 Å². The van der Waals surface area contributed by atoms with Gasteiger partial charge in [-0.15, -0.1) is 24.0 Å². The maximum Gasteiger partial charge on any atom is 0.191 e. The Hall–Kier alpha value is -0.550. The highest BCUT2D eigenvalue weighted by molar-refractivity contribution is 14.0. The summed E-state index contributed by atoms with van der Waals surface area (Å²) in [6.45, 7) is 8.39. The molecule has 1 aromatic carbocycles. The van der Waals surface area contributed by atoms with Crippen LogP contribution in [0, 0.1) is 5.82 Å². The molecule has 0 saturated heterocycles. The summed E-state index contributed by atoms with van der Waals surface area (Å²) >= 11 is 1.63. The molecule has 0 radical (unpaired) electrons. The van der Waals surface area contributed by atoms with E-state index in [1.54, 1.807) is 38.6 Å². The van der Waals surface area contributed by atoms with E-state index >= 15 is 0 Å². The van der Waals surface area contributed by atoms with Crippen LogP contribution in [0.2, 0.25) is 0 Å². The van der Waals surface area contributed by atoms with E-state index in [2.05, 4.69) is 15.6 Å². The second-order valence-electron chi connectivity index (χ2n) is 6.90. The molecular formula is C18H31FIN3O2S2. The molecule has 5 nitrogen and oxygen atoms in total. The van der Waals surface area contributed by atoms with Crippen molar-refractivity contribution in [2.24, 2.45) is 4.99 Å². The summed E-state index contributed by atoms with van der Waals surface area (Å²) in [5.74, 6) is 1.06. The number of rotatable bonds is 8. The minimum atomic E-state index is -3.18. The first-order valence-corrected chi connectivity index (χ1v) is 11.7. The molecule has 156 valence electrons. The maximum absolute atomic E-state index is 13.4. The number of hydrogen-bond acceptors (Lipinski definition) is 4. The average molecular weight is 532 g/mol. The van der Waals surface area contributed by atoms with Gasteiger partial charge in [0, 0.05) is 18.8 Å². The fourth-order valence-corrected chi connectivity index (χ4v) is 3.72. The van der Waals surface area contributed by atoms with Gasteiger partial charge in [-0.1, -0.05) is 6.07 Å². The van der Waals surface area contributed by atoms with Crippen LogP contribution < -0.4 is 10.6 Å². The van der Waals surface area contributed by atoms with Crippen molar-refractivity contribution in [1.82, 2.24) is 10.6 Å². The van der Waals surface area contributed by atoms with E-state index in [0.29, 0.717) is 19.0 Å². The lowest BCUT2D eigenvalue weighted by atomic mass is 10.1. The topological polar surface area (TPSA) is 70.6 Å². The van der Waals surface area contributed by atoms with Crippen LogP contribution >= 0.6 is 35.7 Å². The number of hydrogen-bond donors (Lipinski definition) is 2. The Kier molecular flexibility index (Phi) is 11.9. The van der Waals surface area contributed by atoms with E-state index in [1.165, 1.54) is 12.1 Å². The Balaban J connectivity index is 0.00000676. The summed E-state index contributed by atoms with van der Waals surface area (Å²) in [7, 11) is -3.18. The predicted molar refractivity (Wildman–Crippen MR) is 125 cm³/mol. The molecule has 1 rings (SSSR count). The third-order valence-electron chi connectivity index (χ3n) is 3.82. The maximum atomic E-state index is 13.4. The smallest absolute Gasteiger partial charge is 0.191 e. The van der Waals surface area contributed by atoms with Crippen LogP contribution in [-0.2, 0) is 22.1 Å². The van der Waals surface area contributed by atoms with Crippen molar-refractivity contribution in [1.29, 1.82) is 0 Å². The zero-order valence-electron chi connectivity index (χ0n) is 16.6. The third kappa shape index (κ3) is 8.99. The highest BCUT2D eigenvalue weighted by Gasteiger charge is 2.28. The second-order valence-corrected chi connectivity index (χ2v) is 10.6. The minimum Gasteiger partial charge on any atom is -0.357 e. The van der Waals surface area contributed by atoms with E-state index in [0.717, 1.165) is 16.9 Å². The van der Waals surface area contributed by atoms with E-state index in [4.69, 9.17) is 0 Å². The molecule has 0 atom stereocenters. The SMILES string of the molecule is CCNC(=NCc1ccc(F)cc1CSC)NCCS(=O)(=O)C(C)(C)C.I. The highest BCUT2D eigenvalue weighted by Crippen LogP contribution is 2.18. The molecule has 9 heteroatoms. The first-order valence-electron chi connectivity index (χ1n) is 8.61. The zero-order valence-corrected chi connectivity index (χ0v) is 20.6. The normalized spacial score (nSPS) is 12.4. The molecule has 0 heterocycles. The fraction of sp³-hybridized carbons (Fsp3) is 0.611. The fourth-order valence-electron chi connectivity index (χ4n) is 2.15. The van der Waals surface area contributed by atoms with Gasteiger partial charge in [0.25, 0.3) is 0 Å². The molecular weight excluding hydrogens is 500 g/mol. The molecule has 0 aliphatic carbocycles. The molecule has 0 saturated carbocycles. The summed E-state index contributed by atoms with van der Waals surface area (Å²) in [5.41, 5.74) is 1.88. The van der Waals surface area contributed by atoms with Crippen LogP contribution in [-0.4, -0.2) is 44.2 Å². The molecule has 0 spiro atoms. The number of halogens is 2. The van der Waals surface area contributed by atoms with E-state index in [1.807, 2.05) is 13.2 Å². The summed E-state index contributed by atoms with van der Waals surface area (Å²) in [6.07, 6.45) is 1.97. The van der Waals surface area contributed by atoms with Gasteiger partial charge in [0.2, 0.25) is 0 Å². The molecule has 0 aromatic heterocycles. The number of sulfone groups is 1. The van der Waals surface area contributed by atoms with Crippen molar-refractivity contribution >= 4 is 51.5 Å². The number of thioether (sulfide) groups is 1. The van der Waals surface area contributed by atoms with Crippen LogP contribution in [0.25, 0.3) is 0 Å². The van der Waals surface area contributed by atoms with E-state index in [9.17, 15) is 12.8 Å². The molecule has 1 aromatic rings. The predicted octanol–water partition coefficient (Wildman–Crippen LogP) is 3.58. The first-order chi connectivity index (χ1) is 12.1. The Labute approximate surface area is 184 Å². The van der Waals surface area contributed by atoms with Crippen molar-refractivity contribution in [3.8, 4) is 0 Å². The van der Waals surface area contributed by atoms with Crippen LogP contribution in [0.4, 0.5) is 4.39 Å². The van der Waals surface area contributed by atoms with Gasteiger partial charge in [-0.25, -0.2) is 17.8 Å². The molecule has 0 aliphatic rings. The quantitative estimate of drug-likeness (QED) is 0.305. The first kappa shape index (κ1) is 26.4. The summed E-state index contributed by atoms with van der Waals surface area (Å²) < 4.78 is 37.0. The third-order valence-corrected chi connectivity index (χ3v) is 7.02. The lowest BCUT2D eigenvalue weighted by molar-refractivity contribution is 0.559. The number of nitrogens with zero attached hydrogens (tertiary/aromatic N) is 1. The minimum absolute atomic E-state index is 0. The van der Waals surface area contributed by atoms with Crippen molar-refractivity contribution in [3.63, 3.8) is 0 Å². The van der Waals surface area contributed by atoms with Crippen molar-refractivity contribution < 1.29 is 12.8 Å². The summed E-state index contributed by atoms with van der Waals surface area (Å²) in [5, 5.41) is 6.17. The van der Waals surface area contributed by atoms with E-state index in [-0.39, 0.29) is 42.1 Å². The molecule has 0 fully saturated rings. The lowest BCUT2D eigenvalue weighted by Gasteiger charge is -2.20. The number of nitrogens with one attached hydrogen (secondary N) is 2. The van der Waals surface area contributed by atoms with Gasteiger partial charge in [0.1, 0.15) is 5.82 Å². The van der Waals surface area contributed by atoms with Gasteiger partial charge in [0.15, 0.2) is 15.8 Å². The molecule has 27 heavy (non-hydrogen) atoms. The second kappa shape index (κ2) is 12.1. The Morgan fingerprint density at radius 1 is 1.22 bits per heavy atom. The van der Waals surface area contributed by atoms with Gasteiger partial charge in [-0.2, -0.15) is 11.8 Å². The van der Waals surface area contributed by atoms with Crippen molar-refractivity contribution in [3.05, 3.63) is 35.1 Å². The largest absolute Gasteiger partial charge is 0.357 e. The molecule has 2 N–H and O–H groups in total. The Morgan fingerprint density at radius 3 is 2.44 bits per heavy atom. The Bertz CT molecular complexity index is 720. The zero-order chi connectivity index (χ0) is 19.8. The molecule has 0 unspecified atom stereocenters. The van der Waals surface area contributed by atoms with Crippen LogP contribution in [0.1, 0.15) is 38.8 Å². The van der Waals surface area contributed by atoms with Gasteiger partial charge < -0.3 is 10.6 Å². The monoisotopic (exact) mass is 531 g/mol. The Morgan fingerprint density at radius 2 is 1.89 bits per heavy atom. The molecule has 0 bridgehead atoms. The van der Waals surface area contributed by atoms with Gasteiger partial charge in [-0.05, 0) is 57.2 Å². The molecule has 0 amide bonds. The van der Waals surface area contributed by atoms with Crippen LogP contribution in [0.5, 0.6) is 0 Å². The molecule has 0 aliphatic heterocycles. The number of guanidine groups is 1.